The molecule has 220 valence electrons. The Hall–Kier alpha value is -4.09. The monoisotopic (exact) mass is 583 g/mol. The summed E-state index contributed by atoms with van der Waals surface area (Å²) in [5, 5.41) is 3.76. The first-order valence-electron chi connectivity index (χ1n) is 14.0. The number of alkyl halides is 3. The fraction of sp³-hybridized carbons (Fsp3) is 0.400. The number of hydrogen-bond acceptors (Lipinski definition) is 6. The van der Waals surface area contributed by atoms with Crippen molar-refractivity contribution in [3.63, 3.8) is 0 Å². The molecular weight excluding hydrogens is 553 g/mol. The summed E-state index contributed by atoms with van der Waals surface area (Å²) in [5.74, 6) is -1.63. The molecule has 6 heterocycles. The molecule has 7 nitrogen and oxygen atoms in total. The van der Waals surface area contributed by atoms with Crippen molar-refractivity contribution in [2.75, 3.05) is 36.0 Å². The zero-order valence-corrected chi connectivity index (χ0v) is 23.3. The van der Waals surface area contributed by atoms with Crippen LogP contribution < -0.4 is 9.80 Å². The Morgan fingerprint density at radius 3 is 1.86 bits per heavy atom. The van der Waals surface area contributed by atoms with Crippen LogP contribution in [-0.4, -0.2) is 50.9 Å². The molecule has 0 bridgehead atoms. The van der Waals surface area contributed by atoms with Crippen molar-refractivity contribution in [1.29, 1.82) is 0 Å². The molecule has 0 N–H and O–H groups in total. The van der Waals surface area contributed by atoms with E-state index in [9.17, 15) is 22.0 Å². The van der Waals surface area contributed by atoms with E-state index in [0.29, 0.717) is 17.1 Å². The van der Waals surface area contributed by atoms with Gasteiger partial charge in [0.05, 0.1) is 22.6 Å². The number of hydrogen-bond donors (Lipinski definition) is 0. The van der Waals surface area contributed by atoms with Gasteiger partial charge >= 0.3 is 6.18 Å². The fourth-order valence-electron chi connectivity index (χ4n) is 5.57. The van der Waals surface area contributed by atoms with Crippen molar-refractivity contribution >= 4 is 11.4 Å². The van der Waals surface area contributed by atoms with Gasteiger partial charge in [-0.3, -0.25) is 4.98 Å². The highest BCUT2D eigenvalue weighted by molar-refractivity contribution is 5.66. The van der Waals surface area contributed by atoms with E-state index in [1.54, 1.807) is 12.1 Å². The predicted molar refractivity (Wildman–Crippen MR) is 149 cm³/mol. The lowest BCUT2D eigenvalue weighted by Crippen LogP contribution is -2.26. The number of aromatic nitrogens is 5. The minimum atomic E-state index is -4.58. The summed E-state index contributed by atoms with van der Waals surface area (Å²) in [6.45, 7) is 7.16. The maximum atomic E-state index is 14.8. The average Bonchev–Trinajstić information content (AvgIpc) is 3.75. The van der Waals surface area contributed by atoms with Crippen molar-refractivity contribution in [3.8, 4) is 17.1 Å². The Kier molecular flexibility index (Phi) is 7.10. The van der Waals surface area contributed by atoms with Gasteiger partial charge < -0.3 is 9.80 Å². The molecule has 2 saturated heterocycles. The second kappa shape index (κ2) is 10.6. The van der Waals surface area contributed by atoms with Crippen LogP contribution in [-0.2, 0) is 11.6 Å². The summed E-state index contributed by atoms with van der Waals surface area (Å²) in [4.78, 5) is 17.3. The van der Waals surface area contributed by atoms with Crippen LogP contribution in [0.15, 0.2) is 48.7 Å². The molecule has 2 aliphatic rings. The highest BCUT2D eigenvalue weighted by Crippen LogP contribution is 2.38. The van der Waals surface area contributed by atoms with Crippen LogP contribution in [0.2, 0.25) is 0 Å². The highest BCUT2D eigenvalue weighted by Gasteiger charge is 2.35. The third-order valence-electron chi connectivity index (χ3n) is 8.03. The zero-order valence-electron chi connectivity index (χ0n) is 23.3. The van der Waals surface area contributed by atoms with E-state index >= 15 is 0 Å². The van der Waals surface area contributed by atoms with Crippen LogP contribution in [0.4, 0.5) is 33.3 Å². The van der Waals surface area contributed by atoms with Crippen LogP contribution in [0.25, 0.3) is 17.1 Å². The van der Waals surface area contributed by atoms with Crippen LogP contribution in [0, 0.1) is 11.9 Å². The molecule has 0 aliphatic carbocycles. The van der Waals surface area contributed by atoms with Crippen molar-refractivity contribution in [2.45, 2.75) is 51.1 Å². The summed E-state index contributed by atoms with van der Waals surface area (Å²) in [6, 6.07) is 10.8. The average molecular weight is 584 g/mol. The van der Waals surface area contributed by atoms with Gasteiger partial charge in [0, 0.05) is 55.2 Å². The number of rotatable bonds is 6. The number of halogens is 5. The Balaban J connectivity index is 1.49. The fourth-order valence-corrected chi connectivity index (χ4v) is 5.57. The number of pyridine rings is 3. The van der Waals surface area contributed by atoms with Gasteiger partial charge in [-0.05, 0) is 75.9 Å². The molecule has 0 aromatic carbocycles. The first-order chi connectivity index (χ1) is 20.0. The summed E-state index contributed by atoms with van der Waals surface area (Å²) in [5.41, 5.74) is 1.35. The minimum Gasteiger partial charge on any atom is -0.371 e. The SMILES string of the molecule is CC(C)(c1cc(N2CCCC2)cc(-c2ccc(F)nc2F)n1)c1cc(N2CCCC2)cc(-n2ccc(C(F)(F)F)n2)n1. The molecule has 42 heavy (non-hydrogen) atoms. The van der Waals surface area contributed by atoms with Gasteiger partial charge in [-0.2, -0.15) is 32.0 Å². The number of nitrogens with zero attached hydrogens (tertiary/aromatic N) is 7. The maximum absolute atomic E-state index is 14.8. The van der Waals surface area contributed by atoms with Gasteiger partial charge in [-0.25, -0.2) is 9.67 Å². The molecule has 0 radical (unpaired) electrons. The number of anilines is 2. The first kappa shape index (κ1) is 28.0. The van der Waals surface area contributed by atoms with E-state index in [-0.39, 0.29) is 11.4 Å². The van der Waals surface area contributed by atoms with E-state index in [0.717, 1.165) is 80.1 Å². The third kappa shape index (κ3) is 5.41. The molecule has 0 atom stereocenters. The molecule has 12 heteroatoms. The smallest absolute Gasteiger partial charge is 0.371 e. The van der Waals surface area contributed by atoms with Crippen LogP contribution in [0.5, 0.6) is 0 Å². The Morgan fingerprint density at radius 1 is 0.690 bits per heavy atom. The first-order valence-corrected chi connectivity index (χ1v) is 14.0. The van der Waals surface area contributed by atoms with Gasteiger partial charge in [0.1, 0.15) is 0 Å². The second-order valence-corrected chi connectivity index (χ2v) is 11.3. The summed E-state index contributed by atoms with van der Waals surface area (Å²) in [7, 11) is 0. The lowest BCUT2D eigenvalue weighted by Gasteiger charge is -2.29. The highest BCUT2D eigenvalue weighted by atomic mass is 19.4. The minimum absolute atomic E-state index is 0.0742. The Bertz CT molecular complexity index is 1600. The van der Waals surface area contributed by atoms with E-state index in [1.165, 1.54) is 12.3 Å². The van der Waals surface area contributed by atoms with Crippen molar-refractivity contribution in [1.82, 2.24) is 24.7 Å². The van der Waals surface area contributed by atoms with Gasteiger partial charge in [0.15, 0.2) is 11.5 Å². The summed E-state index contributed by atoms with van der Waals surface area (Å²) in [6.07, 6.45) is 0.739. The molecule has 0 unspecified atom stereocenters. The molecular formula is C30H30F5N7. The van der Waals surface area contributed by atoms with E-state index in [2.05, 4.69) is 19.9 Å². The largest absolute Gasteiger partial charge is 0.435 e. The van der Waals surface area contributed by atoms with Gasteiger partial charge in [0.2, 0.25) is 11.9 Å². The van der Waals surface area contributed by atoms with E-state index in [4.69, 9.17) is 9.97 Å². The Morgan fingerprint density at radius 2 is 1.29 bits per heavy atom. The predicted octanol–water partition coefficient (Wildman–Crippen LogP) is 6.55. The molecule has 2 fully saturated rings. The Labute approximate surface area is 240 Å². The topological polar surface area (TPSA) is 63.0 Å². The summed E-state index contributed by atoms with van der Waals surface area (Å²) < 4.78 is 69.7. The van der Waals surface area contributed by atoms with Crippen LogP contribution in [0.1, 0.15) is 56.6 Å². The lowest BCUT2D eigenvalue weighted by atomic mass is 9.83. The second-order valence-electron chi connectivity index (χ2n) is 11.3. The molecule has 0 amide bonds. The van der Waals surface area contributed by atoms with Crippen molar-refractivity contribution in [3.05, 3.63) is 77.6 Å². The molecule has 4 aromatic rings. The molecule has 6 rings (SSSR count). The molecule has 0 spiro atoms. The van der Waals surface area contributed by atoms with E-state index < -0.39 is 29.2 Å². The summed E-state index contributed by atoms with van der Waals surface area (Å²) >= 11 is 0. The van der Waals surface area contributed by atoms with E-state index in [1.807, 2.05) is 26.0 Å². The normalized spacial score (nSPS) is 16.1. The molecule has 0 saturated carbocycles. The quantitative estimate of drug-likeness (QED) is 0.190. The standard InChI is InChI=1S/C30H30F5N7/c1-29(2,24-16-19(40-10-3-4-11-40)15-22(36-24)21-7-8-26(31)38-28(21)32)25-17-20(41-12-5-6-13-41)18-27(37-25)42-14-9-23(39-42)30(33,34)35/h7-9,14-18H,3-6,10-13H2,1-2H3. The van der Waals surface area contributed by atoms with Crippen molar-refractivity contribution in [2.24, 2.45) is 0 Å². The van der Waals surface area contributed by atoms with Crippen molar-refractivity contribution < 1.29 is 22.0 Å². The van der Waals surface area contributed by atoms with Gasteiger partial charge in [-0.1, -0.05) is 0 Å². The van der Waals surface area contributed by atoms with Gasteiger partial charge in [-0.15, -0.1) is 0 Å². The maximum Gasteiger partial charge on any atom is 0.435 e. The van der Waals surface area contributed by atoms with Crippen LogP contribution >= 0.6 is 0 Å². The van der Waals surface area contributed by atoms with Crippen LogP contribution in [0.3, 0.4) is 0 Å². The zero-order chi connectivity index (χ0) is 29.6. The molecule has 4 aromatic heterocycles. The third-order valence-corrected chi connectivity index (χ3v) is 8.03. The lowest BCUT2D eigenvalue weighted by molar-refractivity contribution is -0.141. The molecule has 2 aliphatic heterocycles. The van der Waals surface area contributed by atoms with Gasteiger partial charge in [0.25, 0.3) is 0 Å².